The second kappa shape index (κ2) is 5.32. The van der Waals surface area contributed by atoms with Gasteiger partial charge in [-0.25, -0.2) is 0 Å². The lowest BCUT2D eigenvalue weighted by atomic mass is 10.2. The molecule has 1 amide bonds. The molecular weight excluding hydrogens is 264 g/mol. The van der Waals surface area contributed by atoms with Gasteiger partial charge in [0.2, 0.25) is 0 Å². The summed E-state index contributed by atoms with van der Waals surface area (Å²) in [5.74, 6) is 0.647. The molecule has 2 aromatic carbocycles. The van der Waals surface area contributed by atoms with Crippen LogP contribution in [0, 0.1) is 0 Å². The van der Waals surface area contributed by atoms with E-state index >= 15 is 0 Å². The second-order valence-electron chi connectivity index (χ2n) is 4.81. The molecule has 21 heavy (non-hydrogen) atoms. The second-order valence-corrected chi connectivity index (χ2v) is 4.81. The maximum atomic E-state index is 12.6. The maximum absolute atomic E-state index is 12.6. The number of fused-ring (bicyclic) bond motifs is 1. The average molecular weight is 280 g/mol. The number of rotatable bonds is 3. The van der Waals surface area contributed by atoms with Gasteiger partial charge in [0.15, 0.2) is 0 Å². The third kappa shape index (κ3) is 2.36. The van der Waals surface area contributed by atoms with E-state index in [1.807, 2.05) is 54.6 Å². The Balaban J connectivity index is 1.99. The van der Waals surface area contributed by atoms with Gasteiger partial charge in [-0.2, -0.15) is 0 Å². The first-order valence-corrected chi connectivity index (χ1v) is 6.69. The van der Waals surface area contributed by atoms with Gasteiger partial charge >= 0.3 is 0 Å². The molecule has 0 aliphatic rings. The number of carbonyl (C=O) groups is 1. The number of nitrogens with one attached hydrogen (secondary N) is 1. The number of amides is 1. The molecule has 0 saturated carbocycles. The van der Waals surface area contributed by atoms with Crippen molar-refractivity contribution < 1.29 is 9.53 Å². The summed E-state index contributed by atoms with van der Waals surface area (Å²) in [6.07, 6.45) is 0. The number of benzene rings is 2. The van der Waals surface area contributed by atoms with Gasteiger partial charge in [0, 0.05) is 18.1 Å². The van der Waals surface area contributed by atoms with E-state index in [-0.39, 0.29) is 5.91 Å². The summed E-state index contributed by atoms with van der Waals surface area (Å²) in [6, 6.07) is 17.1. The van der Waals surface area contributed by atoms with Crippen molar-refractivity contribution >= 4 is 22.5 Å². The number of anilines is 1. The number of H-pyrrole nitrogens is 1. The number of carbonyl (C=O) groups excluding carboxylic acids is 1. The van der Waals surface area contributed by atoms with Crippen LogP contribution in [0.25, 0.3) is 10.9 Å². The number of nitrogens with zero attached hydrogens (tertiary/aromatic N) is 1. The number of hydrogen-bond donors (Lipinski definition) is 1. The fourth-order valence-corrected chi connectivity index (χ4v) is 2.36. The monoisotopic (exact) mass is 280 g/mol. The Morgan fingerprint density at radius 1 is 1.10 bits per heavy atom. The smallest absolute Gasteiger partial charge is 0.274 e. The van der Waals surface area contributed by atoms with Crippen molar-refractivity contribution in [3.63, 3.8) is 0 Å². The minimum atomic E-state index is -0.0838. The van der Waals surface area contributed by atoms with Crippen LogP contribution in [-0.2, 0) is 0 Å². The summed E-state index contributed by atoms with van der Waals surface area (Å²) in [7, 11) is 3.38. The Hall–Kier alpha value is -2.75. The molecule has 1 N–H and O–H groups in total. The number of methoxy groups -OCH3 is 1. The van der Waals surface area contributed by atoms with Gasteiger partial charge in [-0.1, -0.05) is 30.3 Å². The third-order valence-electron chi connectivity index (χ3n) is 3.52. The first-order chi connectivity index (χ1) is 10.2. The van der Waals surface area contributed by atoms with Crippen LogP contribution >= 0.6 is 0 Å². The molecule has 0 aliphatic carbocycles. The summed E-state index contributed by atoms with van der Waals surface area (Å²) in [4.78, 5) is 17.3. The van der Waals surface area contributed by atoms with Crippen LogP contribution in [0.15, 0.2) is 54.6 Å². The summed E-state index contributed by atoms with van der Waals surface area (Å²) >= 11 is 0. The number of aromatic amines is 1. The predicted octanol–water partition coefficient (Wildman–Crippen LogP) is 3.45. The number of aromatic nitrogens is 1. The Morgan fingerprint density at radius 2 is 1.86 bits per heavy atom. The highest BCUT2D eigenvalue weighted by Crippen LogP contribution is 2.26. The van der Waals surface area contributed by atoms with Crippen molar-refractivity contribution in [1.29, 1.82) is 0 Å². The fourth-order valence-electron chi connectivity index (χ4n) is 2.36. The zero-order chi connectivity index (χ0) is 14.8. The largest absolute Gasteiger partial charge is 0.495 e. The lowest BCUT2D eigenvalue weighted by Crippen LogP contribution is -2.26. The molecule has 0 radical (unpaired) electrons. The highest BCUT2D eigenvalue weighted by molar-refractivity contribution is 6.07. The molecule has 106 valence electrons. The standard InChI is InChI=1S/C17H16N2O2/c1-19(13-8-4-3-5-9-13)17(20)14-11-12-7-6-10-15(21-2)16(12)18-14/h3-11,18H,1-2H3. The van der Waals surface area contributed by atoms with Crippen molar-refractivity contribution in [2.45, 2.75) is 0 Å². The van der Waals surface area contributed by atoms with Gasteiger partial charge in [-0.05, 0) is 24.3 Å². The lowest BCUT2D eigenvalue weighted by molar-refractivity contribution is 0.0989. The van der Waals surface area contributed by atoms with Gasteiger partial charge in [0.25, 0.3) is 5.91 Å². The molecule has 3 aromatic rings. The molecule has 3 rings (SSSR count). The molecule has 4 heteroatoms. The summed E-state index contributed by atoms with van der Waals surface area (Å²) in [5.41, 5.74) is 2.23. The van der Waals surface area contributed by atoms with E-state index in [2.05, 4.69) is 4.98 Å². The van der Waals surface area contributed by atoms with Crippen LogP contribution in [0.5, 0.6) is 5.75 Å². The first-order valence-electron chi connectivity index (χ1n) is 6.69. The van der Waals surface area contributed by atoms with E-state index < -0.39 is 0 Å². The van der Waals surface area contributed by atoms with Gasteiger partial charge in [0.05, 0.1) is 12.6 Å². The highest BCUT2D eigenvalue weighted by Gasteiger charge is 2.16. The van der Waals surface area contributed by atoms with Crippen molar-refractivity contribution in [1.82, 2.24) is 4.98 Å². The molecule has 0 unspecified atom stereocenters. The van der Waals surface area contributed by atoms with Crippen LogP contribution in [0.4, 0.5) is 5.69 Å². The molecule has 0 atom stereocenters. The Labute approximate surface area is 123 Å². The predicted molar refractivity (Wildman–Crippen MR) is 84.0 cm³/mol. The normalized spacial score (nSPS) is 10.6. The van der Waals surface area contributed by atoms with Crippen molar-refractivity contribution in [3.8, 4) is 5.75 Å². The van der Waals surface area contributed by atoms with E-state index in [0.717, 1.165) is 22.3 Å². The molecule has 0 fully saturated rings. The molecule has 1 aromatic heterocycles. The SMILES string of the molecule is COc1cccc2cc(C(=O)N(C)c3ccccc3)[nH]c12. The average Bonchev–Trinajstić information content (AvgIpc) is 2.98. The van der Waals surface area contributed by atoms with Gasteiger partial charge in [0.1, 0.15) is 11.4 Å². The van der Waals surface area contributed by atoms with Gasteiger partial charge < -0.3 is 14.6 Å². The fraction of sp³-hybridized carbons (Fsp3) is 0.118. The Bertz CT molecular complexity index is 778. The van der Waals surface area contributed by atoms with Crippen LogP contribution < -0.4 is 9.64 Å². The molecular formula is C17H16N2O2. The summed E-state index contributed by atoms with van der Waals surface area (Å²) in [6.45, 7) is 0. The zero-order valence-corrected chi connectivity index (χ0v) is 12.0. The van der Waals surface area contributed by atoms with E-state index in [9.17, 15) is 4.79 Å². The summed E-state index contributed by atoms with van der Waals surface area (Å²) < 4.78 is 5.31. The zero-order valence-electron chi connectivity index (χ0n) is 12.0. The van der Waals surface area contributed by atoms with E-state index in [0.29, 0.717) is 5.69 Å². The Kier molecular flexibility index (Phi) is 3.36. The molecule has 0 spiro atoms. The van der Waals surface area contributed by atoms with E-state index in [1.165, 1.54) is 0 Å². The van der Waals surface area contributed by atoms with Crippen LogP contribution in [0.1, 0.15) is 10.5 Å². The van der Waals surface area contributed by atoms with Gasteiger partial charge in [-0.3, -0.25) is 4.79 Å². The van der Waals surface area contributed by atoms with Gasteiger partial charge in [-0.15, -0.1) is 0 Å². The lowest BCUT2D eigenvalue weighted by Gasteiger charge is -2.16. The first kappa shape index (κ1) is 13.2. The molecule has 0 bridgehead atoms. The highest BCUT2D eigenvalue weighted by atomic mass is 16.5. The quantitative estimate of drug-likeness (QED) is 0.798. The van der Waals surface area contributed by atoms with Crippen LogP contribution in [0.3, 0.4) is 0 Å². The van der Waals surface area contributed by atoms with Crippen LogP contribution in [-0.4, -0.2) is 25.0 Å². The van der Waals surface area contributed by atoms with Crippen molar-refractivity contribution in [2.24, 2.45) is 0 Å². The number of para-hydroxylation sites is 2. The van der Waals surface area contributed by atoms with E-state index in [4.69, 9.17) is 4.74 Å². The van der Waals surface area contributed by atoms with E-state index in [1.54, 1.807) is 19.1 Å². The maximum Gasteiger partial charge on any atom is 0.274 e. The minimum Gasteiger partial charge on any atom is -0.495 e. The molecule has 4 nitrogen and oxygen atoms in total. The molecule has 0 aliphatic heterocycles. The molecule has 0 saturated heterocycles. The number of hydrogen-bond acceptors (Lipinski definition) is 2. The third-order valence-corrected chi connectivity index (χ3v) is 3.52. The number of ether oxygens (including phenoxy) is 1. The van der Waals surface area contributed by atoms with Crippen molar-refractivity contribution in [3.05, 3.63) is 60.3 Å². The van der Waals surface area contributed by atoms with Crippen LogP contribution in [0.2, 0.25) is 0 Å². The minimum absolute atomic E-state index is 0.0838. The summed E-state index contributed by atoms with van der Waals surface area (Å²) in [5, 5.41) is 0.958. The Morgan fingerprint density at radius 3 is 2.57 bits per heavy atom. The topological polar surface area (TPSA) is 45.3 Å². The molecule has 1 heterocycles. The van der Waals surface area contributed by atoms with Crippen molar-refractivity contribution in [2.75, 3.05) is 19.1 Å².